The van der Waals surface area contributed by atoms with Gasteiger partial charge in [0.05, 0.1) is 18.5 Å². The molecule has 0 spiro atoms. The Hall–Kier alpha value is -3.71. The van der Waals surface area contributed by atoms with Gasteiger partial charge in [0.2, 0.25) is 5.88 Å². The number of hydrogen-bond acceptors (Lipinski definition) is 10. The van der Waals surface area contributed by atoms with E-state index < -0.39 is 12.5 Å². The van der Waals surface area contributed by atoms with Gasteiger partial charge in [-0.2, -0.15) is 0 Å². The largest absolute Gasteiger partial charge is 0.470 e. The predicted octanol–water partition coefficient (Wildman–Crippen LogP) is 1.50. The average Bonchev–Trinajstić information content (AvgIpc) is 3.27. The van der Waals surface area contributed by atoms with Gasteiger partial charge in [-0.05, 0) is 25.1 Å². The number of aromatic nitrogens is 5. The number of carbonyl (C=O) groups is 1. The number of hydrogen-bond donors (Lipinski definition) is 1. The lowest BCUT2D eigenvalue weighted by atomic mass is 10.1. The zero-order valence-electron chi connectivity index (χ0n) is 20.0. The quantitative estimate of drug-likeness (QED) is 0.431. The number of alkyl halides is 2. The van der Waals surface area contributed by atoms with E-state index in [1.54, 1.807) is 35.9 Å². The molecule has 1 aromatic carbocycles. The number of rotatable bonds is 9. The summed E-state index contributed by atoms with van der Waals surface area (Å²) in [5.41, 5.74) is 7.50. The van der Waals surface area contributed by atoms with Crippen molar-refractivity contribution in [2.45, 2.75) is 26.0 Å². The zero-order chi connectivity index (χ0) is 25.7. The molecule has 0 radical (unpaired) electrons. The van der Waals surface area contributed by atoms with Crippen LogP contribution in [0, 0.1) is 6.92 Å². The SMILES string of the molecule is COC(=O)[C@H]1CN(c2ccc(OCc3c(C)nnn3-c3ccc(C(F)F)cc3)nn2)CCN1CCN. The third-order valence-electron chi connectivity index (χ3n) is 6.03. The number of piperazine rings is 1. The van der Waals surface area contributed by atoms with Crippen molar-refractivity contribution in [3.8, 4) is 11.6 Å². The topological polar surface area (TPSA) is 125 Å². The van der Waals surface area contributed by atoms with Crippen LogP contribution in [0.15, 0.2) is 36.4 Å². The number of carbonyl (C=O) groups excluding carboxylic acids is 1. The molecule has 3 heterocycles. The molecule has 2 N–H and O–H groups in total. The van der Waals surface area contributed by atoms with Gasteiger partial charge in [-0.25, -0.2) is 13.5 Å². The summed E-state index contributed by atoms with van der Waals surface area (Å²) < 4.78 is 38.0. The van der Waals surface area contributed by atoms with Crippen molar-refractivity contribution < 1.29 is 23.0 Å². The van der Waals surface area contributed by atoms with Crippen LogP contribution in [0.25, 0.3) is 5.69 Å². The summed E-state index contributed by atoms with van der Waals surface area (Å²) in [6.45, 7) is 4.66. The Labute approximate surface area is 206 Å². The molecule has 3 aromatic rings. The highest BCUT2D eigenvalue weighted by Gasteiger charge is 2.33. The van der Waals surface area contributed by atoms with Crippen LogP contribution in [-0.4, -0.2) is 81.9 Å². The predicted molar refractivity (Wildman–Crippen MR) is 126 cm³/mol. The van der Waals surface area contributed by atoms with Gasteiger partial charge >= 0.3 is 5.97 Å². The van der Waals surface area contributed by atoms with Crippen LogP contribution in [0.5, 0.6) is 5.88 Å². The van der Waals surface area contributed by atoms with Gasteiger partial charge in [0.15, 0.2) is 5.82 Å². The van der Waals surface area contributed by atoms with Gasteiger partial charge in [-0.3, -0.25) is 9.69 Å². The van der Waals surface area contributed by atoms with E-state index in [1.165, 1.54) is 19.2 Å². The highest BCUT2D eigenvalue weighted by molar-refractivity contribution is 5.77. The molecular weight excluding hydrogens is 474 g/mol. The molecular formula is C23H28F2N8O3. The summed E-state index contributed by atoms with van der Waals surface area (Å²) in [5.74, 6) is 0.599. The average molecular weight is 503 g/mol. The minimum Gasteiger partial charge on any atom is -0.470 e. The van der Waals surface area contributed by atoms with Crippen molar-refractivity contribution in [1.82, 2.24) is 30.1 Å². The fourth-order valence-corrected chi connectivity index (χ4v) is 4.03. The van der Waals surface area contributed by atoms with Crippen molar-refractivity contribution in [1.29, 1.82) is 0 Å². The number of benzene rings is 1. The summed E-state index contributed by atoms with van der Waals surface area (Å²) in [5, 5.41) is 16.6. The highest BCUT2D eigenvalue weighted by Crippen LogP contribution is 2.22. The Bertz CT molecular complexity index is 1160. The number of anilines is 1. The molecule has 11 nitrogen and oxygen atoms in total. The zero-order valence-corrected chi connectivity index (χ0v) is 20.0. The first kappa shape index (κ1) is 25.4. The molecule has 36 heavy (non-hydrogen) atoms. The molecule has 0 saturated carbocycles. The lowest BCUT2D eigenvalue weighted by molar-refractivity contribution is -0.147. The lowest BCUT2D eigenvalue weighted by Gasteiger charge is -2.40. The van der Waals surface area contributed by atoms with Gasteiger partial charge in [-0.1, -0.05) is 17.3 Å². The van der Waals surface area contributed by atoms with Crippen LogP contribution in [0.4, 0.5) is 14.6 Å². The number of nitrogens with zero attached hydrogens (tertiary/aromatic N) is 7. The molecule has 0 unspecified atom stereocenters. The monoisotopic (exact) mass is 502 g/mol. The Morgan fingerprint density at radius 2 is 1.92 bits per heavy atom. The van der Waals surface area contributed by atoms with Crippen LogP contribution in [-0.2, 0) is 16.1 Å². The summed E-state index contributed by atoms with van der Waals surface area (Å²) >= 11 is 0. The minimum atomic E-state index is -2.54. The van der Waals surface area contributed by atoms with Crippen LogP contribution in [0.3, 0.4) is 0 Å². The molecule has 4 rings (SSSR count). The molecule has 2 aromatic heterocycles. The van der Waals surface area contributed by atoms with E-state index in [4.69, 9.17) is 15.2 Å². The first-order valence-corrected chi connectivity index (χ1v) is 11.4. The van der Waals surface area contributed by atoms with E-state index in [2.05, 4.69) is 20.5 Å². The standard InChI is InChI=1S/C23H28F2N8O3/c1-15-19(33(30-27-15)17-5-3-16(4-6-17)22(24)25)14-36-21-8-7-20(28-29-21)32-12-11-31(10-9-26)18(13-32)23(34)35-2/h3-8,18,22H,9-14,26H2,1-2H3/t18-/m1/s1. The lowest BCUT2D eigenvalue weighted by Crippen LogP contribution is -2.58. The van der Waals surface area contributed by atoms with E-state index in [0.29, 0.717) is 61.5 Å². The first-order chi connectivity index (χ1) is 17.4. The fourth-order valence-electron chi connectivity index (χ4n) is 4.03. The maximum Gasteiger partial charge on any atom is 0.324 e. The molecule has 1 aliphatic heterocycles. The number of esters is 1. The van der Waals surface area contributed by atoms with E-state index in [1.807, 2.05) is 9.80 Å². The van der Waals surface area contributed by atoms with E-state index >= 15 is 0 Å². The smallest absolute Gasteiger partial charge is 0.324 e. The molecule has 0 aliphatic carbocycles. The highest BCUT2D eigenvalue weighted by atomic mass is 19.3. The molecule has 1 fully saturated rings. The molecule has 1 aliphatic rings. The molecule has 1 saturated heterocycles. The minimum absolute atomic E-state index is 0.0672. The van der Waals surface area contributed by atoms with Crippen molar-refractivity contribution in [2.75, 3.05) is 44.7 Å². The molecule has 0 amide bonds. The molecule has 1 atom stereocenters. The Balaban J connectivity index is 1.42. The van der Waals surface area contributed by atoms with E-state index in [9.17, 15) is 13.6 Å². The van der Waals surface area contributed by atoms with Gasteiger partial charge in [0.25, 0.3) is 6.43 Å². The van der Waals surface area contributed by atoms with E-state index in [0.717, 1.165) is 0 Å². The van der Waals surface area contributed by atoms with Crippen molar-refractivity contribution in [2.24, 2.45) is 5.73 Å². The summed E-state index contributed by atoms with van der Waals surface area (Å²) in [6, 6.07) is 8.86. The normalized spacial score (nSPS) is 16.4. The molecule has 13 heteroatoms. The van der Waals surface area contributed by atoms with Crippen molar-refractivity contribution in [3.63, 3.8) is 0 Å². The fraction of sp³-hybridized carbons (Fsp3) is 0.435. The molecule has 192 valence electrons. The second-order valence-electron chi connectivity index (χ2n) is 8.25. The van der Waals surface area contributed by atoms with Gasteiger partial charge < -0.3 is 20.1 Å². The Kier molecular flexibility index (Phi) is 8.00. The number of nitrogens with two attached hydrogens (primary N) is 1. The second-order valence-corrected chi connectivity index (χ2v) is 8.25. The van der Waals surface area contributed by atoms with E-state index in [-0.39, 0.29) is 18.1 Å². The maximum absolute atomic E-state index is 12.9. The van der Waals surface area contributed by atoms with Crippen molar-refractivity contribution in [3.05, 3.63) is 53.3 Å². The van der Waals surface area contributed by atoms with Gasteiger partial charge in [0.1, 0.15) is 18.3 Å². The number of ether oxygens (including phenoxy) is 2. The Morgan fingerprint density at radius 1 is 1.14 bits per heavy atom. The van der Waals surface area contributed by atoms with Gasteiger partial charge in [0, 0.05) is 44.4 Å². The second kappa shape index (κ2) is 11.4. The number of halogens is 2. The van der Waals surface area contributed by atoms with Crippen LogP contribution >= 0.6 is 0 Å². The van der Waals surface area contributed by atoms with Crippen LogP contribution in [0.1, 0.15) is 23.4 Å². The maximum atomic E-state index is 12.9. The first-order valence-electron chi connectivity index (χ1n) is 11.4. The van der Waals surface area contributed by atoms with Gasteiger partial charge in [-0.15, -0.1) is 15.3 Å². The van der Waals surface area contributed by atoms with Crippen LogP contribution < -0.4 is 15.4 Å². The third kappa shape index (κ3) is 5.57. The summed E-state index contributed by atoms with van der Waals surface area (Å²) in [7, 11) is 1.37. The van der Waals surface area contributed by atoms with Crippen LogP contribution in [0.2, 0.25) is 0 Å². The number of aryl methyl sites for hydroxylation is 1. The number of methoxy groups -OCH3 is 1. The Morgan fingerprint density at radius 3 is 2.56 bits per heavy atom. The summed E-state index contributed by atoms with van der Waals surface area (Å²) in [6.07, 6.45) is -2.54. The third-order valence-corrected chi connectivity index (χ3v) is 6.03. The molecule has 0 bridgehead atoms. The van der Waals surface area contributed by atoms with Crippen molar-refractivity contribution >= 4 is 11.8 Å². The summed E-state index contributed by atoms with van der Waals surface area (Å²) in [4.78, 5) is 16.2.